The van der Waals surface area contributed by atoms with E-state index in [1.165, 1.54) is 0 Å². The average molecular weight is 355 g/mol. The van der Waals surface area contributed by atoms with Crippen molar-refractivity contribution in [1.29, 1.82) is 5.26 Å². The highest BCUT2D eigenvalue weighted by Crippen LogP contribution is 2.31. The van der Waals surface area contributed by atoms with Gasteiger partial charge >= 0.3 is 0 Å². The van der Waals surface area contributed by atoms with Crippen LogP contribution in [0.2, 0.25) is 0 Å². The number of nitriles is 1. The summed E-state index contributed by atoms with van der Waals surface area (Å²) >= 11 is 0. The van der Waals surface area contributed by atoms with Gasteiger partial charge < -0.3 is 0 Å². The minimum Gasteiger partial charge on any atom is -0.235 e. The van der Waals surface area contributed by atoms with E-state index in [0.29, 0.717) is 24.3 Å². The smallest absolute Gasteiger partial charge is 0.235 e. The molecule has 0 unspecified atom stereocenters. The van der Waals surface area contributed by atoms with E-state index in [0.717, 1.165) is 18.4 Å². The Morgan fingerprint density at radius 1 is 1.16 bits per heavy atom. The van der Waals surface area contributed by atoms with Gasteiger partial charge in [0, 0.05) is 18.7 Å². The molecule has 1 aromatic carbocycles. The van der Waals surface area contributed by atoms with Crippen LogP contribution in [0.4, 0.5) is 0 Å². The Morgan fingerprint density at radius 3 is 2.52 bits per heavy atom. The van der Waals surface area contributed by atoms with Gasteiger partial charge in [-0.25, -0.2) is 13.4 Å². The quantitative estimate of drug-likeness (QED) is 0.845. The van der Waals surface area contributed by atoms with E-state index in [2.05, 4.69) is 24.9 Å². The Hall–Kier alpha value is -2.23. The predicted molar refractivity (Wildman–Crippen MR) is 96.2 cm³/mol. The van der Waals surface area contributed by atoms with Crippen molar-refractivity contribution in [2.45, 2.75) is 31.7 Å². The summed E-state index contributed by atoms with van der Waals surface area (Å²) in [4.78, 5) is 4.38. The fourth-order valence-corrected chi connectivity index (χ4v) is 4.76. The zero-order chi connectivity index (χ0) is 18.1. The van der Waals surface area contributed by atoms with Crippen LogP contribution in [-0.2, 0) is 10.0 Å². The number of benzene rings is 1. The van der Waals surface area contributed by atoms with Gasteiger partial charge in [0.1, 0.15) is 0 Å². The van der Waals surface area contributed by atoms with Crippen LogP contribution in [0.25, 0.3) is 11.3 Å². The van der Waals surface area contributed by atoms with Crippen molar-refractivity contribution < 1.29 is 8.42 Å². The lowest BCUT2D eigenvalue weighted by atomic mass is 9.85. The second kappa shape index (κ2) is 6.58. The lowest BCUT2D eigenvalue weighted by molar-refractivity contribution is 0.186. The number of nitrogens with zero attached hydrogens (tertiary/aromatic N) is 3. The van der Waals surface area contributed by atoms with Gasteiger partial charge in [0.15, 0.2) is 5.03 Å². The minimum atomic E-state index is -3.61. The highest BCUT2D eigenvalue weighted by atomic mass is 32.2. The molecule has 1 aliphatic rings. The zero-order valence-electron chi connectivity index (χ0n) is 14.4. The highest BCUT2D eigenvalue weighted by molar-refractivity contribution is 7.89. The van der Waals surface area contributed by atoms with Crippen molar-refractivity contribution in [3.05, 3.63) is 48.0 Å². The average Bonchev–Trinajstić information content (AvgIpc) is 2.61. The Labute approximate surface area is 149 Å². The maximum atomic E-state index is 13.0. The molecule has 130 valence electrons. The second-order valence-electron chi connectivity index (χ2n) is 7.16. The molecule has 1 saturated heterocycles. The third-order valence-electron chi connectivity index (χ3n) is 4.50. The van der Waals surface area contributed by atoms with Crippen molar-refractivity contribution in [1.82, 2.24) is 9.29 Å². The van der Waals surface area contributed by atoms with Gasteiger partial charge in [-0.3, -0.25) is 0 Å². The zero-order valence-corrected chi connectivity index (χ0v) is 15.3. The molecule has 0 amide bonds. The van der Waals surface area contributed by atoms with Crippen LogP contribution in [0.15, 0.2) is 47.5 Å². The number of pyridine rings is 1. The molecular formula is C19H21N3O2S. The summed E-state index contributed by atoms with van der Waals surface area (Å²) < 4.78 is 27.5. The molecule has 6 heteroatoms. The van der Waals surface area contributed by atoms with Gasteiger partial charge in [-0.05, 0) is 42.5 Å². The molecule has 25 heavy (non-hydrogen) atoms. The van der Waals surface area contributed by atoms with Gasteiger partial charge in [0.25, 0.3) is 10.0 Å². The summed E-state index contributed by atoms with van der Waals surface area (Å²) in [7, 11) is -3.61. The third-order valence-corrected chi connectivity index (χ3v) is 6.25. The molecule has 0 atom stereocenters. The molecule has 0 N–H and O–H groups in total. The van der Waals surface area contributed by atoms with Crippen molar-refractivity contribution in [3.63, 3.8) is 0 Å². The Morgan fingerprint density at radius 2 is 1.88 bits per heavy atom. The first kappa shape index (κ1) is 17.6. The monoisotopic (exact) mass is 355 g/mol. The van der Waals surface area contributed by atoms with E-state index in [9.17, 15) is 8.42 Å². The Bertz CT molecular complexity index is 912. The van der Waals surface area contributed by atoms with E-state index in [1.54, 1.807) is 46.8 Å². The number of hydrogen-bond acceptors (Lipinski definition) is 4. The van der Waals surface area contributed by atoms with Crippen LogP contribution < -0.4 is 0 Å². The van der Waals surface area contributed by atoms with Crippen molar-refractivity contribution >= 4 is 10.0 Å². The SMILES string of the molecule is CC1(C)CCCN(S(=O)(=O)c2cccc(-c3ccc(C#N)cc3)n2)C1. The van der Waals surface area contributed by atoms with Crippen molar-refractivity contribution in [2.24, 2.45) is 5.41 Å². The van der Waals surface area contributed by atoms with Crippen LogP contribution in [0.5, 0.6) is 0 Å². The van der Waals surface area contributed by atoms with E-state index in [1.807, 2.05) is 0 Å². The summed E-state index contributed by atoms with van der Waals surface area (Å²) in [5.41, 5.74) is 1.91. The van der Waals surface area contributed by atoms with Crippen LogP contribution in [0.3, 0.4) is 0 Å². The first-order valence-electron chi connectivity index (χ1n) is 8.30. The highest BCUT2D eigenvalue weighted by Gasteiger charge is 2.34. The van der Waals surface area contributed by atoms with Gasteiger partial charge in [0.2, 0.25) is 0 Å². The molecule has 1 aromatic heterocycles. The van der Waals surface area contributed by atoms with Gasteiger partial charge in [-0.1, -0.05) is 32.0 Å². The summed E-state index contributed by atoms with van der Waals surface area (Å²) in [6, 6.07) is 14.1. The summed E-state index contributed by atoms with van der Waals surface area (Å²) in [5.74, 6) is 0. The fourth-order valence-electron chi connectivity index (χ4n) is 3.14. The van der Waals surface area contributed by atoms with Crippen LogP contribution in [-0.4, -0.2) is 30.8 Å². The summed E-state index contributed by atoms with van der Waals surface area (Å²) in [6.45, 7) is 5.23. The lowest BCUT2D eigenvalue weighted by Crippen LogP contribution is -2.43. The topological polar surface area (TPSA) is 74.1 Å². The summed E-state index contributed by atoms with van der Waals surface area (Å²) in [5, 5.41) is 8.96. The third kappa shape index (κ3) is 3.73. The molecular weight excluding hydrogens is 334 g/mol. The number of aromatic nitrogens is 1. The molecule has 0 bridgehead atoms. The Kier molecular flexibility index (Phi) is 4.63. The number of rotatable bonds is 3. The van der Waals surface area contributed by atoms with Gasteiger partial charge in [0.05, 0.1) is 17.3 Å². The molecule has 0 saturated carbocycles. The van der Waals surface area contributed by atoms with E-state index in [-0.39, 0.29) is 10.4 Å². The first-order chi connectivity index (χ1) is 11.8. The number of hydrogen-bond donors (Lipinski definition) is 0. The molecule has 0 radical (unpaired) electrons. The van der Waals surface area contributed by atoms with E-state index >= 15 is 0 Å². The fraction of sp³-hybridized carbons (Fsp3) is 0.368. The maximum Gasteiger partial charge on any atom is 0.260 e. The number of sulfonamides is 1. The minimum absolute atomic E-state index is 0.0178. The molecule has 2 heterocycles. The van der Waals surface area contributed by atoms with Crippen molar-refractivity contribution in [3.8, 4) is 17.3 Å². The second-order valence-corrected chi connectivity index (χ2v) is 9.04. The van der Waals surface area contributed by atoms with Gasteiger partial charge in [-0.2, -0.15) is 9.57 Å². The van der Waals surface area contributed by atoms with Crippen LogP contribution in [0, 0.1) is 16.7 Å². The first-order valence-corrected chi connectivity index (χ1v) is 9.74. The molecule has 5 nitrogen and oxygen atoms in total. The normalized spacial score (nSPS) is 17.8. The predicted octanol–water partition coefficient (Wildman–Crippen LogP) is 3.43. The largest absolute Gasteiger partial charge is 0.260 e. The molecule has 1 aliphatic heterocycles. The lowest BCUT2D eigenvalue weighted by Gasteiger charge is -2.36. The maximum absolute atomic E-state index is 13.0. The van der Waals surface area contributed by atoms with Crippen molar-refractivity contribution in [2.75, 3.05) is 13.1 Å². The molecule has 0 spiro atoms. The van der Waals surface area contributed by atoms with E-state index < -0.39 is 10.0 Å². The van der Waals surface area contributed by atoms with Gasteiger partial charge in [-0.15, -0.1) is 0 Å². The Balaban J connectivity index is 1.93. The van der Waals surface area contributed by atoms with E-state index in [4.69, 9.17) is 5.26 Å². The standard InChI is InChI=1S/C19H21N3O2S/c1-19(2)11-4-12-22(14-19)25(23,24)18-6-3-5-17(21-18)16-9-7-15(13-20)8-10-16/h3,5-10H,4,11-12,14H2,1-2H3. The molecule has 0 aliphatic carbocycles. The molecule has 3 rings (SSSR count). The molecule has 1 fully saturated rings. The molecule has 2 aromatic rings. The van der Waals surface area contributed by atoms with Crippen LogP contribution >= 0.6 is 0 Å². The van der Waals surface area contributed by atoms with Crippen LogP contribution in [0.1, 0.15) is 32.3 Å². The summed E-state index contributed by atoms with van der Waals surface area (Å²) in [6.07, 6.45) is 1.89. The number of piperidine rings is 1.